The number of nitrogens with zero attached hydrogens (tertiary/aromatic N) is 1. The highest BCUT2D eigenvalue weighted by atomic mass is 35.5. The molecule has 0 bridgehead atoms. The van der Waals surface area contributed by atoms with Crippen LogP contribution in [-0.4, -0.2) is 37.0 Å². The number of methoxy groups -OCH3 is 1. The molecule has 0 spiro atoms. The number of amides is 2. The van der Waals surface area contributed by atoms with Gasteiger partial charge in [0.05, 0.1) is 7.11 Å². The van der Waals surface area contributed by atoms with Gasteiger partial charge in [0.1, 0.15) is 17.5 Å². The van der Waals surface area contributed by atoms with Crippen LogP contribution in [0.5, 0.6) is 11.5 Å². The Morgan fingerprint density at radius 1 is 0.795 bits per heavy atom. The van der Waals surface area contributed by atoms with Crippen molar-refractivity contribution in [2.24, 2.45) is 0 Å². The molecule has 0 saturated carbocycles. The number of carbonyl (C=O) groups excluding carboxylic acids is 2. The van der Waals surface area contributed by atoms with E-state index in [1.165, 1.54) is 0 Å². The number of hydrogen-bond donors (Lipinski definition) is 1. The fourth-order valence-electron chi connectivity index (χ4n) is 4.18. The standard InChI is InChI=1S/C32H31ClN2O4/c1-38-28-18-14-24(15-19-28)20-21-34-32(37)31(26-8-4-2-5-9-26)35(22-25-12-16-27(33)17-13-25)30(36)23-39-29-10-6-3-7-11-29/h2-19,31H,20-23H2,1H3,(H,34,37). The highest BCUT2D eigenvalue weighted by molar-refractivity contribution is 6.30. The van der Waals surface area contributed by atoms with Crippen molar-refractivity contribution in [3.63, 3.8) is 0 Å². The van der Waals surface area contributed by atoms with E-state index in [4.69, 9.17) is 21.1 Å². The third-order valence-corrected chi connectivity index (χ3v) is 6.49. The average molecular weight is 543 g/mol. The van der Waals surface area contributed by atoms with Gasteiger partial charge in [-0.1, -0.05) is 84.4 Å². The minimum Gasteiger partial charge on any atom is -0.497 e. The van der Waals surface area contributed by atoms with E-state index in [0.29, 0.717) is 29.3 Å². The molecule has 200 valence electrons. The van der Waals surface area contributed by atoms with Crippen LogP contribution in [0.2, 0.25) is 5.02 Å². The number of halogens is 1. The zero-order valence-corrected chi connectivity index (χ0v) is 22.5. The van der Waals surface area contributed by atoms with Gasteiger partial charge in [0.25, 0.3) is 5.91 Å². The summed E-state index contributed by atoms with van der Waals surface area (Å²) < 4.78 is 11.0. The van der Waals surface area contributed by atoms with Gasteiger partial charge in [-0.15, -0.1) is 0 Å². The summed E-state index contributed by atoms with van der Waals surface area (Å²) in [5, 5.41) is 3.63. The molecule has 1 N–H and O–H groups in total. The Labute approximate surface area is 234 Å². The second-order valence-corrected chi connectivity index (χ2v) is 9.39. The van der Waals surface area contributed by atoms with Crippen molar-refractivity contribution < 1.29 is 19.1 Å². The lowest BCUT2D eigenvalue weighted by Crippen LogP contribution is -2.45. The lowest BCUT2D eigenvalue weighted by atomic mass is 10.0. The number of rotatable bonds is 12. The number of ether oxygens (including phenoxy) is 2. The fourth-order valence-corrected chi connectivity index (χ4v) is 4.31. The Morgan fingerprint density at radius 3 is 2.05 bits per heavy atom. The number of hydrogen-bond acceptors (Lipinski definition) is 4. The molecule has 0 aliphatic heterocycles. The van der Waals surface area contributed by atoms with E-state index in [-0.39, 0.29) is 25.0 Å². The summed E-state index contributed by atoms with van der Waals surface area (Å²) in [5.41, 5.74) is 2.62. The Bertz CT molecular complexity index is 1330. The molecule has 1 atom stereocenters. The largest absolute Gasteiger partial charge is 0.497 e. The van der Waals surface area contributed by atoms with Crippen LogP contribution < -0.4 is 14.8 Å². The van der Waals surface area contributed by atoms with Crippen LogP contribution in [0.1, 0.15) is 22.7 Å². The summed E-state index contributed by atoms with van der Waals surface area (Å²) in [6.07, 6.45) is 0.638. The smallest absolute Gasteiger partial charge is 0.261 e. The molecule has 0 radical (unpaired) electrons. The lowest BCUT2D eigenvalue weighted by Gasteiger charge is -2.31. The Kier molecular flexibility index (Phi) is 9.98. The molecule has 4 aromatic carbocycles. The SMILES string of the molecule is COc1ccc(CCNC(=O)C(c2ccccc2)N(Cc2ccc(Cl)cc2)C(=O)COc2ccccc2)cc1. The summed E-state index contributed by atoms with van der Waals surface area (Å²) in [6, 6.07) is 32.6. The van der Waals surface area contributed by atoms with Gasteiger partial charge >= 0.3 is 0 Å². The Hall–Kier alpha value is -4.29. The summed E-state index contributed by atoms with van der Waals surface area (Å²) in [4.78, 5) is 28.9. The second-order valence-electron chi connectivity index (χ2n) is 8.95. The zero-order valence-electron chi connectivity index (χ0n) is 21.8. The Morgan fingerprint density at radius 2 is 1.41 bits per heavy atom. The topological polar surface area (TPSA) is 67.9 Å². The van der Waals surface area contributed by atoms with E-state index in [9.17, 15) is 9.59 Å². The normalized spacial score (nSPS) is 11.3. The van der Waals surface area contributed by atoms with E-state index >= 15 is 0 Å². The van der Waals surface area contributed by atoms with Gasteiger partial charge < -0.3 is 19.7 Å². The molecule has 7 heteroatoms. The molecule has 39 heavy (non-hydrogen) atoms. The van der Waals surface area contributed by atoms with Gasteiger partial charge in [0, 0.05) is 18.1 Å². The van der Waals surface area contributed by atoms with E-state index in [1.807, 2.05) is 84.9 Å². The van der Waals surface area contributed by atoms with Crippen LogP contribution in [0.3, 0.4) is 0 Å². The van der Waals surface area contributed by atoms with Crippen molar-refractivity contribution in [2.75, 3.05) is 20.3 Å². The van der Waals surface area contributed by atoms with E-state index < -0.39 is 6.04 Å². The fraction of sp³-hybridized carbons (Fsp3) is 0.188. The van der Waals surface area contributed by atoms with Crippen LogP contribution in [0.15, 0.2) is 109 Å². The zero-order chi connectivity index (χ0) is 27.5. The molecule has 0 aliphatic rings. The molecule has 2 amide bonds. The van der Waals surface area contributed by atoms with Gasteiger partial charge in [-0.3, -0.25) is 9.59 Å². The first-order chi connectivity index (χ1) is 19.0. The lowest BCUT2D eigenvalue weighted by molar-refractivity contribution is -0.143. The predicted molar refractivity (Wildman–Crippen MR) is 153 cm³/mol. The third kappa shape index (κ3) is 8.09. The third-order valence-electron chi connectivity index (χ3n) is 6.24. The quantitative estimate of drug-likeness (QED) is 0.244. The number of para-hydroxylation sites is 1. The second kappa shape index (κ2) is 14.0. The predicted octanol–water partition coefficient (Wildman–Crippen LogP) is 5.86. The maximum atomic E-state index is 13.7. The number of nitrogens with one attached hydrogen (secondary N) is 1. The molecule has 1 unspecified atom stereocenters. The van der Waals surface area contributed by atoms with Gasteiger partial charge in [0.2, 0.25) is 5.91 Å². The van der Waals surface area contributed by atoms with Crippen molar-refractivity contribution in [3.8, 4) is 11.5 Å². The van der Waals surface area contributed by atoms with Crippen LogP contribution in [0.4, 0.5) is 0 Å². The molecule has 6 nitrogen and oxygen atoms in total. The summed E-state index contributed by atoms with van der Waals surface area (Å²) in [7, 11) is 1.63. The van der Waals surface area contributed by atoms with Gasteiger partial charge in [-0.2, -0.15) is 0 Å². The highest BCUT2D eigenvalue weighted by Gasteiger charge is 2.31. The van der Waals surface area contributed by atoms with Crippen molar-refractivity contribution in [1.82, 2.24) is 10.2 Å². The summed E-state index contributed by atoms with van der Waals surface area (Å²) in [6.45, 7) is 0.414. The molecule has 0 saturated heterocycles. The van der Waals surface area contributed by atoms with Crippen molar-refractivity contribution >= 4 is 23.4 Å². The molecular weight excluding hydrogens is 512 g/mol. The average Bonchev–Trinajstić information content (AvgIpc) is 2.98. The first kappa shape index (κ1) is 27.7. The van der Waals surface area contributed by atoms with Crippen LogP contribution >= 0.6 is 11.6 Å². The number of carbonyl (C=O) groups is 2. The first-order valence-electron chi connectivity index (χ1n) is 12.7. The molecule has 0 aromatic heterocycles. The van der Waals surface area contributed by atoms with Gasteiger partial charge in [-0.05, 0) is 59.5 Å². The van der Waals surface area contributed by atoms with E-state index in [1.54, 1.807) is 36.3 Å². The number of benzene rings is 4. The van der Waals surface area contributed by atoms with Gasteiger partial charge in [-0.25, -0.2) is 0 Å². The monoisotopic (exact) mass is 542 g/mol. The molecule has 0 aliphatic carbocycles. The maximum Gasteiger partial charge on any atom is 0.261 e. The van der Waals surface area contributed by atoms with Crippen LogP contribution in [0, 0.1) is 0 Å². The molecule has 4 aromatic rings. The van der Waals surface area contributed by atoms with Gasteiger partial charge in [0.15, 0.2) is 6.61 Å². The highest BCUT2D eigenvalue weighted by Crippen LogP contribution is 2.25. The van der Waals surface area contributed by atoms with E-state index in [0.717, 1.165) is 16.9 Å². The van der Waals surface area contributed by atoms with Crippen molar-refractivity contribution in [2.45, 2.75) is 19.0 Å². The molecule has 0 heterocycles. The minimum absolute atomic E-state index is 0.208. The molecular formula is C32H31ClN2O4. The Balaban J connectivity index is 1.56. The maximum absolute atomic E-state index is 13.7. The molecule has 0 fully saturated rings. The van der Waals surface area contributed by atoms with E-state index in [2.05, 4.69) is 5.32 Å². The van der Waals surface area contributed by atoms with Crippen LogP contribution in [0.25, 0.3) is 0 Å². The minimum atomic E-state index is -0.857. The summed E-state index contributed by atoms with van der Waals surface area (Å²) in [5.74, 6) is 0.781. The van der Waals surface area contributed by atoms with Crippen molar-refractivity contribution in [3.05, 3.63) is 131 Å². The molecule has 4 rings (SSSR count). The first-order valence-corrected chi connectivity index (χ1v) is 13.1. The van der Waals surface area contributed by atoms with Crippen LogP contribution in [-0.2, 0) is 22.6 Å². The summed E-state index contributed by atoms with van der Waals surface area (Å²) >= 11 is 6.09. The van der Waals surface area contributed by atoms with Crippen molar-refractivity contribution in [1.29, 1.82) is 0 Å².